The molecule has 0 fully saturated rings. The van der Waals surface area contributed by atoms with Crippen LogP contribution in [0.15, 0.2) is 0 Å². The van der Waals surface area contributed by atoms with Crippen LogP contribution in [-0.2, 0) is 14.3 Å². The van der Waals surface area contributed by atoms with Gasteiger partial charge in [0, 0.05) is 0 Å². The zero-order chi connectivity index (χ0) is 21.7. The smallest absolute Gasteiger partial charge is 0.308 e. The minimum Gasteiger partial charge on any atom is -0.481 e. The van der Waals surface area contributed by atoms with Gasteiger partial charge in [0.1, 0.15) is 6.10 Å². The molecule has 0 aromatic rings. The third kappa shape index (κ3) is 20.0. The van der Waals surface area contributed by atoms with E-state index in [1.54, 1.807) is 0 Å². The van der Waals surface area contributed by atoms with Crippen molar-refractivity contribution in [3.8, 4) is 0 Å². The SMILES string of the molecule is CCCCCCCCCC(O)CC(=O)OC(CCCCCCCCC)CC(=O)O. The van der Waals surface area contributed by atoms with E-state index in [-0.39, 0.29) is 12.8 Å². The van der Waals surface area contributed by atoms with Gasteiger partial charge < -0.3 is 14.9 Å². The van der Waals surface area contributed by atoms with Crippen molar-refractivity contribution in [2.75, 3.05) is 0 Å². The first-order valence-corrected chi connectivity index (χ1v) is 12.1. The predicted molar refractivity (Wildman–Crippen MR) is 118 cm³/mol. The molecule has 0 aliphatic carbocycles. The van der Waals surface area contributed by atoms with E-state index in [0.717, 1.165) is 32.1 Å². The maximum absolute atomic E-state index is 12.1. The molecular weight excluding hydrogens is 368 g/mol. The lowest BCUT2D eigenvalue weighted by atomic mass is 10.0. The van der Waals surface area contributed by atoms with Crippen LogP contribution in [0.5, 0.6) is 0 Å². The molecule has 0 radical (unpaired) electrons. The van der Waals surface area contributed by atoms with E-state index in [2.05, 4.69) is 13.8 Å². The van der Waals surface area contributed by atoms with E-state index in [9.17, 15) is 14.7 Å². The molecule has 0 saturated carbocycles. The van der Waals surface area contributed by atoms with Gasteiger partial charge in [0.25, 0.3) is 0 Å². The molecule has 5 nitrogen and oxygen atoms in total. The number of carbonyl (C=O) groups is 2. The number of ether oxygens (including phenoxy) is 1. The van der Waals surface area contributed by atoms with Gasteiger partial charge in [0.15, 0.2) is 0 Å². The minimum atomic E-state index is -0.950. The average Bonchev–Trinajstić information content (AvgIpc) is 2.65. The summed E-state index contributed by atoms with van der Waals surface area (Å²) in [6, 6.07) is 0. The molecule has 29 heavy (non-hydrogen) atoms. The third-order valence-corrected chi connectivity index (χ3v) is 5.37. The highest BCUT2D eigenvalue weighted by atomic mass is 16.5. The summed E-state index contributed by atoms with van der Waals surface area (Å²) >= 11 is 0. The molecule has 0 aliphatic heterocycles. The molecule has 0 spiro atoms. The lowest BCUT2D eigenvalue weighted by molar-refractivity contribution is -0.155. The van der Waals surface area contributed by atoms with Crippen molar-refractivity contribution in [1.29, 1.82) is 0 Å². The van der Waals surface area contributed by atoms with Gasteiger partial charge in [0.2, 0.25) is 0 Å². The molecule has 172 valence electrons. The zero-order valence-electron chi connectivity index (χ0n) is 19.0. The molecule has 2 unspecified atom stereocenters. The molecule has 0 bridgehead atoms. The Morgan fingerprint density at radius 2 is 1.14 bits per heavy atom. The highest BCUT2D eigenvalue weighted by molar-refractivity contribution is 5.71. The number of hydrogen-bond acceptors (Lipinski definition) is 4. The normalized spacial score (nSPS) is 13.2. The number of carbonyl (C=O) groups excluding carboxylic acids is 1. The summed E-state index contributed by atoms with van der Waals surface area (Å²) < 4.78 is 5.37. The van der Waals surface area contributed by atoms with E-state index in [0.29, 0.717) is 12.8 Å². The second kappa shape index (κ2) is 20.2. The Morgan fingerprint density at radius 3 is 1.62 bits per heavy atom. The van der Waals surface area contributed by atoms with Crippen molar-refractivity contribution in [1.82, 2.24) is 0 Å². The second-order valence-corrected chi connectivity index (χ2v) is 8.39. The van der Waals surface area contributed by atoms with Crippen molar-refractivity contribution >= 4 is 11.9 Å². The lowest BCUT2D eigenvalue weighted by Gasteiger charge is -2.17. The number of rotatable bonds is 21. The Bertz CT molecular complexity index is 397. The number of hydrogen-bond donors (Lipinski definition) is 2. The summed E-state index contributed by atoms with van der Waals surface area (Å²) in [4.78, 5) is 23.1. The van der Waals surface area contributed by atoms with Gasteiger partial charge >= 0.3 is 11.9 Å². The van der Waals surface area contributed by atoms with Crippen molar-refractivity contribution in [3.05, 3.63) is 0 Å². The summed E-state index contributed by atoms with van der Waals surface area (Å²) in [6.45, 7) is 4.39. The number of carboxylic acid groups (broad SMARTS) is 1. The number of unbranched alkanes of at least 4 members (excludes halogenated alkanes) is 12. The molecular formula is C24H46O5. The van der Waals surface area contributed by atoms with E-state index >= 15 is 0 Å². The van der Waals surface area contributed by atoms with Gasteiger partial charge in [0.05, 0.1) is 18.9 Å². The van der Waals surface area contributed by atoms with Crippen LogP contribution in [0.4, 0.5) is 0 Å². The fourth-order valence-electron chi connectivity index (χ4n) is 3.59. The molecule has 0 saturated heterocycles. The summed E-state index contributed by atoms with van der Waals surface area (Å²) in [6.07, 6.45) is 15.9. The minimum absolute atomic E-state index is 0.0387. The fraction of sp³-hybridized carbons (Fsp3) is 0.917. The van der Waals surface area contributed by atoms with Crippen molar-refractivity contribution in [2.24, 2.45) is 0 Å². The van der Waals surface area contributed by atoms with E-state index in [1.807, 2.05) is 0 Å². The standard InChI is InChI=1S/C24H46O5/c1-3-5-7-9-11-13-15-17-21(25)19-24(28)29-22(20-23(26)27)18-16-14-12-10-8-6-4-2/h21-22,25H,3-20H2,1-2H3,(H,26,27). The first kappa shape index (κ1) is 27.9. The highest BCUT2D eigenvalue weighted by Gasteiger charge is 2.20. The van der Waals surface area contributed by atoms with Crippen LogP contribution in [0.1, 0.15) is 129 Å². The van der Waals surface area contributed by atoms with Gasteiger partial charge in [-0.25, -0.2) is 0 Å². The second-order valence-electron chi connectivity index (χ2n) is 8.39. The fourth-order valence-corrected chi connectivity index (χ4v) is 3.59. The van der Waals surface area contributed by atoms with Crippen molar-refractivity contribution in [3.63, 3.8) is 0 Å². The molecule has 0 rings (SSSR count). The largest absolute Gasteiger partial charge is 0.481 e. The lowest BCUT2D eigenvalue weighted by Crippen LogP contribution is -2.24. The molecule has 0 aromatic carbocycles. The van der Waals surface area contributed by atoms with Crippen LogP contribution >= 0.6 is 0 Å². The van der Waals surface area contributed by atoms with Gasteiger partial charge in [-0.2, -0.15) is 0 Å². The summed E-state index contributed by atoms with van der Waals surface area (Å²) in [7, 11) is 0. The van der Waals surface area contributed by atoms with Crippen LogP contribution < -0.4 is 0 Å². The first-order valence-electron chi connectivity index (χ1n) is 12.1. The van der Waals surface area contributed by atoms with Gasteiger partial charge in [-0.05, 0) is 19.3 Å². The Labute approximate surface area is 178 Å². The monoisotopic (exact) mass is 414 g/mol. The quantitative estimate of drug-likeness (QED) is 0.168. The first-order chi connectivity index (χ1) is 14.0. The van der Waals surface area contributed by atoms with Crippen molar-refractivity contribution in [2.45, 2.75) is 142 Å². The van der Waals surface area contributed by atoms with Crippen LogP contribution in [0, 0.1) is 0 Å². The number of aliphatic carboxylic acids is 1. The van der Waals surface area contributed by atoms with Crippen LogP contribution in [0.3, 0.4) is 0 Å². The van der Waals surface area contributed by atoms with Crippen LogP contribution in [-0.4, -0.2) is 34.4 Å². The van der Waals surface area contributed by atoms with Gasteiger partial charge in [-0.15, -0.1) is 0 Å². The molecule has 0 aromatic heterocycles. The van der Waals surface area contributed by atoms with Crippen LogP contribution in [0.2, 0.25) is 0 Å². The van der Waals surface area contributed by atoms with E-state index < -0.39 is 24.1 Å². The molecule has 2 N–H and O–H groups in total. The maximum Gasteiger partial charge on any atom is 0.308 e. The topological polar surface area (TPSA) is 83.8 Å². The maximum atomic E-state index is 12.1. The zero-order valence-corrected chi connectivity index (χ0v) is 19.0. The van der Waals surface area contributed by atoms with Gasteiger partial charge in [-0.3, -0.25) is 9.59 Å². The predicted octanol–water partition coefficient (Wildman–Crippen LogP) is 6.41. The molecule has 0 heterocycles. The molecule has 5 heteroatoms. The van der Waals surface area contributed by atoms with Crippen molar-refractivity contribution < 1.29 is 24.5 Å². The Hall–Kier alpha value is -1.10. The number of aliphatic hydroxyl groups is 1. The highest BCUT2D eigenvalue weighted by Crippen LogP contribution is 2.16. The van der Waals surface area contributed by atoms with Crippen LogP contribution in [0.25, 0.3) is 0 Å². The van der Waals surface area contributed by atoms with E-state index in [4.69, 9.17) is 9.84 Å². The summed E-state index contributed by atoms with van der Waals surface area (Å²) in [5.41, 5.74) is 0. The Balaban J connectivity index is 3.95. The Kier molecular flexibility index (Phi) is 19.4. The Morgan fingerprint density at radius 1 is 0.690 bits per heavy atom. The summed E-state index contributed by atoms with van der Waals surface area (Å²) in [5, 5.41) is 19.1. The van der Waals surface area contributed by atoms with E-state index in [1.165, 1.54) is 57.8 Å². The molecule has 0 amide bonds. The van der Waals surface area contributed by atoms with Gasteiger partial charge in [-0.1, -0.05) is 97.3 Å². The molecule has 2 atom stereocenters. The number of carboxylic acids is 1. The third-order valence-electron chi connectivity index (χ3n) is 5.37. The molecule has 0 aliphatic rings. The average molecular weight is 415 g/mol. The summed E-state index contributed by atoms with van der Waals surface area (Å²) in [5.74, 6) is -1.43. The number of esters is 1. The number of aliphatic hydroxyl groups excluding tert-OH is 1.